The molecule has 4 aromatic carbocycles. The van der Waals surface area contributed by atoms with Crippen LogP contribution in [0.3, 0.4) is 0 Å². The molecule has 2 heterocycles. The summed E-state index contributed by atoms with van der Waals surface area (Å²) in [7, 11) is -0.172. The number of fused-ring (bicyclic) bond motifs is 2. The molecule has 0 spiro atoms. The Bertz CT molecular complexity index is 1290. The minimum atomic E-state index is -0.172. The first kappa shape index (κ1) is 21.3. The third-order valence-electron chi connectivity index (χ3n) is 6.81. The molecule has 1 atom stereocenters. The predicted octanol–water partition coefficient (Wildman–Crippen LogP) is 6.35. The fraction of sp³-hybridized carbons (Fsp3) is 0.200. The van der Waals surface area contributed by atoms with Crippen LogP contribution in [0.25, 0.3) is 0 Å². The van der Waals surface area contributed by atoms with Crippen molar-refractivity contribution in [1.82, 2.24) is 0 Å². The van der Waals surface area contributed by atoms with Crippen LogP contribution in [-0.2, 0) is 19.5 Å². The summed E-state index contributed by atoms with van der Waals surface area (Å²) in [6.45, 7) is 4.87. The van der Waals surface area contributed by atoms with Crippen LogP contribution in [0.15, 0.2) is 97.1 Å². The number of ether oxygens (including phenoxy) is 1. The maximum absolute atomic E-state index is 6.06. The van der Waals surface area contributed by atoms with Gasteiger partial charge in [0.1, 0.15) is 5.75 Å². The molecule has 4 aromatic rings. The zero-order valence-corrected chi connectivity index (χ0v) is 20.4. The summed E-state index contributed by atoms with van der Waals surface area (Å²) >= 11 is 0. The summed E-state index contributed by atoms with van der Waals surface area (Å²) in [5, 5.41) is 1.56. The molecule has 3 nitrogen and oxygen atoms in total. The molecular formula is C30H29N2OP. The quantitative estimate of drug-likeness (QED) is 0.328. The lowest BCUT2D eigenvalue weighted by Gasteiger charge is -2.35. The number of anilines is 2. The van der Waals surface area contributed by atoms with Crippen molar-refractivity contribution in [1.29, 1.82) is 0 Å². The SMILES string of the molecule is CP1CN(c2ccccc2)Cc2cc(Cc3ccc4c(c3)CN(c3ccccc3)CO4)ccc21. The van der Waals surface area contributed by atoms with Gasteiger partial charge in [-0.2, -0.15) is 0 Å². The molecule has 34 heavy (non-hydrogen) atoms. The lowest BCUT2D eigenvalue weighted by Crippen LogP contribution is -2.33. The topological polar surface area (TPSA) is 15.7 Å². The lowest BCUT2D eigenvalue weighted by molar-refractivity contribution is 0.289. The Morgan fingerprint density at radius 2 is 1.32 bits per heavy atom. The van der Waals surface area contributed by atoms with E-state index in [2.05, 4.69) is 114 Å². The van der Waals surface area contributed by atoms with Gasteiger partial charge in [0.25, 0.3) is 0 Å². The van der Waals surface area contributed by atoms with Gasteiger partial charge in [-0.3, -0.25) is 0 Å². The van der Waals surface area contributed by atoms with Crippen LogP contribution >= 0.6 is 7.92 Å². The standard InChI is InChI=1S/C30H29N2OP/c1-34-22-32(28-10-6-3-7-11-28)20-26-18-24(13-15-30(26)34)16-23-12-14-29-25(17-23)19-31(21-33-29)27-8-4-2-5-9-27/h2-15,17-18H,16,19-22H2,1H3. The van der Waals surface area contributed by atoms with Gasteiger partial charge in [0.05, 0.1) is 0 Å². The second-order valence-electron chi connectivity index (χ2n) is 9.26. The van der Waals surface area contributed by atoms with Crippen molar-refractivity contribution in [3.63, 3.8) is 0 Å². The monoisotopic (exact) mass is 464 g/mol. The average molecular weight is 465 g/mol. The summed E-state index contributed by atoms with van der Waals surface area (Å²) < 4.78 is 6.06. The molecule has 0 fully saturated rings. The van der Waals surface area contributed by atoms with E-state index in [1.54, 1.807) is 5.30 Å². The third kappa shape index (κ3) is 4.29. The third-order valence-corrected chi connectivity index (χ3v) is 8.84. The first-order chi connectivity index (χ1) is 16.7. The minimum Gasteiger partial charge on any atom is -0.473 e. The molecule has 6 rings (SSSR count). The molecule has 0 amide bonds. The smallest absolute Gasteiger partial charge is 0.161 e. The van der Waals surface area contributed by atoms with Crippen LogP contribution in [0.2, 0.25) is 0 Å². The largest absolute Gasteiger partial charge is 0.473 e. The van der Waals surface area contributed by atoms with E-state index in [1.807, 2.05) is 0 Å². The molecule has 1 unspecified atom stereocenters. The van der Waals surface area contributed by atoms with Gasteiger partial charge >= 0.3 is 0 Å². The van der Waals surface area contributed by atoms with Crippen molar-refractivity contribution in [2.45, 2.75) is 19.5 Å². The molecule has 4 heteroatoms. The molecule has 0 saturated carbocycles. The van der Waals surface area contributed by atoms with Crippen LogP contribution in [-0.4, -0.2) is 19.7 Å². The maximum atomic E-state index is 6.06. The van der Waals surface area contributed by atoms with E-state index in [4.69, 9.17) is 4.74 Å². The van der Waals surface area contributed by atoms with Crippen LogP contribution in [0, 0.1) is 0 Å². The van der Waals surface area contributed by atoms with Crippen molar-refractivity contribution in [3.05, 3.63) is 119 Å². The first-order valence-corrected chi connectivity index (χ1v) is 13.9. The van der Waals surface area contributed by atoms with E-state index in [0.29, 0.717) is 6.73 Å². The lowest BCUT2D eigenvalue weighted by atomic mass is 9.99. The van der Waals surface area contributed by atoms with E-state index >= 15 is 0 Å². The Balaban J connectivity index is 1.22. The highest BCUT2D eigenvalue weighted by Crippen LogP contribution is 2.39. The highest BCUT2D eigenvalue weighted by molar-refractivity contribution is 7.65. The Morgan fingerprint density at radius 1 is 0.706 bits per heavy atom. The maximum Gasteiger partial charge on any atom is 0.161 e. The van der Waals surface area contributed by atoms with Crippen LogP contribution in [0.5, 0.6) is 5.75 Å². The summed E-state index contributed by atoms with van der Waals surface area (Å²) in [5.41, 5.74) is 7.99. The number of nitrogens with zero attached hydrogens (tertiary/aromatic N) is 2. The Morgan fingerprint density at radius 3 is 2.06 bits per heavy atom. The van der Waals surface area contributed by atoms with E-state index in [1.165, 1.54) is 33.6 Å². The zero-order chi connectivity index (χ0) is 22.9. The summed E-state index contributed by atoms with van der Waals surface area (Å²) in [6, 6.07) is 35.2. The van der Waals surface area contributed by atoms with Crippen molar-refractivity contribution in [2.24, 2.45) is 0 Å². The van der Waals surface area contributed by atoms with E-state index in [9.17, 15) is 0 Å². The molecule has 2 aliphatic rings. The minimum absolute atomic E-state index is 0.172. The van der Waals surface area contributed by atoms with E-state index < -0.39 is 0 Å². The van der Waals surface area contributed by atoms with Crippen molar-refractivity contribution >= 4 is 24.6 Å². The number of para-hydroxylation sites is 2. The first-order valence-electron chi connectivity index (χ1n) is 11.9. The number of rotatable bonds is 4. The molecule has 0 bridgehead atoms. The van der Waals surface area contributed by atoms with Gasteiger partial charge in [-0.1, -0.05) is 68.6 Å². The molecular weight excluding hydrogens is 435 g/mol. The van der Waals surface area contributed by atoms with Gasteiger partial charge < -0.3 is 14.5 Å². The van der Waals surface area contributed by atoms with E-state index in [0.717, 1.165) is 31.5 Å². The van der Waals surface area contributed by atoms with Crippen LogP contribution < -0.4 is 19.8 Å². The van der Waals surface area contributed by atoms with Crippen molar-refractivity contribution in [3.8, 4) is 5.75 Å². The number of hydrogen-bond donors (Lipinski definition) is 0. The van der Waals surface area contributed by atoms with Gasteiger partial charge in [0.15, 0.2) is 6.73 Å². The number of hydrogen-bond acceptors (Lipinski definition) is 3. The normalized spacial score (nSPS) is 17.0. The molecule has 0 N–H and O–H groups in total. The van der Waals surface area contributed by atoms with E-state index in [-0.39, 0.29) is 7.92 Å². The highest BCUT2D eigenvalue weighted by atomic mass is 31.1. The fourth-order valence-corrected chi connectivity index (χ4v) is 6.98. The summed E-state index contributed by atoms with van der Waals surface area (Å²) in [6.07, 6.45) is 2.08. The molecule has 0 aromatic heterocycles. The zero-order valence-electron chi connectivity index (χ0n) is 19.5. The van der Waals surface area contributed by atoms with Gasteiger partial charge in [0.2, 0.25) is 0 Å². The molecule has 0 aliphatic carbocycles. The Hall–Kier alpha value is -3.29. The molecule has 0 radical (unpaired) electrons. The highest BCUT2D eigenvalue weighted by Gasteiger charge is 2.23. The summed E-state index contributed by atoms with van der Waals surface area (Å²) in [5.74, 6) is 1.01. The van der Waals surface area contributed by atoms with Gasteiger partial charge in [-0.25, -0.2) is 0 Å². The number of benzene rings is 4. The second-order valence-corrected chi connectivity index (χ2v) is 11.4. The van der Waals surface area contributed by atoms with Gasteiger partial charge in [0, 0.05) is 36.3 Å². The predicted molar refractivity (Wildman–Crippen MR) is 144 cm³/mol. The average Bonchev–Trinajstić information content (AvgIpc) is 2.89. The molecule has 170 valence electrons. The van der Waals surface area contributed by atoms with Gasteiger partial charge in [-0.15, -0.1) is 0 Å². The Kier molecular flexibility index (Phi) is 5.73. The van der Waals surface area contributed by atoms with Crippen molar-refractivity contribution in [2.75, 3.05) is 29.5 Å². The van der Waals surface area contributed by atoms with Crippen LogP contribution in [0.1, 0.15) is 22.3 Å². The van der Waals surface area contributed by atoms with Gasteiger partial charge in [-0.05, 0) is 71.5 Å². The molecule has 2 aliphatic heterocycles. The second kappa shape index (κ2) is 9.16. The Labute approximate surface area is 203 Å². The fourth-order valence-electron chi connectivity index (χ4n) is 5.09. The van der Waals surface area contributed by atoms with Crippen LogP contribution in [0.4, 0.5) is 11.4 Å². The van der Waals surface area contributed by atoms with Crippen molar-refractivity contribution < 1.29 is 4.74 Å². The summed E-state index contributed by atoms with van der Waals surface area (Å²) in [4.78, 5) is 4.82. The molecule has 0 saturated heterocycles.